The second-order valence-electron chi connectivity index (χ2n) is 7.41. The van der Waals surface area contributed by atoms with E-state index in [2.05, 4.69) is 5.32 Å². The monoisotopic (exact) mass is 472 g/mol. The largest absolute Gasteiger partial charge is 0.497 e. The zero-order valence-electron chi connectivity index (χ0n) is 18.1. The third-order valence-corrected chi connectivity index (χ3v) is 6.41. The lowest BCUT2D eigenvalue weighted by Gasteiger charge is -2.23. The number of nitrogens with one attached hydrogen (secondary N) is 1. The topological polar surface area (TPSA) is 75.7 Å². The van der Waals surface area contributed by atoms with Crippen molar-refractivity contribution >= 4 is 33.2 Å². The summed E-state index contributed by atoms with van der Waals surface area (Å²) in [5.41, 5.74) is 2.66. The van der Waals surface area contributed by atoms with E-state index < -0.39 is 10.0 Å². The number of nitrogens with zero attached hydrogens (tertiary/aromatic N) is 1. The Morgan fingerprint density at radius 3 is 2.12 bits per heavy atom. The highest BCUT2D eigenvalue weighted by Gasteiger charge is 2.19. The summed E-state index contributed by atoms with van der Waals surface area (Å²) in [5, 5.41) is 3.53. The Labute approximate surface area is 193 Å². The molecule has 0 unspecified atom stereocenters. The molecule has 168 valence electrons. The van der Waals surface area contributed by atoms with Crippen LogP contribution in [0.25, 0.3) is 0 Å². The first-order chi connectivity index (χ1) is 15.2. The summed E-state index contributed by atoms with van der Waals surface area (Å²) in [4.78, 5) is 12.7. The van der Waals surface area contributed by atoms with Crippen LogP contribution in [0.3, 0.4) is 0 Å². The number of rotatable bonds is 8. The van der Waals surface area contributed by atoms with E-state index in [4.69, 9.17) is 16.3 Å². The summed E-state index contributed by atoms with van der Waals surface area (Å²) in [7, 11) is -1.93. The third-order valence-electron chi connectivity index (χ3n) is 5.02. The number of carbonyl (C=O) groups is 1. The Morgan fingerprint density at radius 2 is 1.59 bits per heavy atom. The molecular formula is C24H25ClN2O4S. The highest BCUT2D eigenvalue weighted by atomic mass is 35.5. The van der Waals surface area contributed by atoms with E-state index in [0.717, 1.165) is 23.1 Å². The van der Waals surface area contributed by atoms with Crippen LogP contribution in [0.4, 0.5) is 5.69 Å². The first-order valence-electron chi connectivity index (χ1n) is 9.94. The van der Waals surface area contributed by atoms with Gasteiger partial charge in [0.05, 0.1) is 31.6 Å². The van der Waals surface area contributed by atoms with Crippen molar-refractivity contribution in [2.45, 2.75) is 19.5 Å². The van der Waals surface area contributed by atoms with Crippen molar-refractivity contribution in [2.24, 2.45) is 0 Å². The zero-order valence-corrected chi connectivity index (χ0v) is 19.7. The summed E-state index contributed by atoms with van der Waals surface area (Å²) in [6, 6.07) is 20.8. The number of benzene rings is 3. The van der Waals surface area contributed by atoms with Crippen molar-refractivity contribution in [3.05, 3.63) is 94.5 Å². The lowest BCUT2D eigenvalue weighted by molar-refractivity contribution is 0.0940. The molecule has 1 atom stereocenters. The Balaban J connectivity index is 1.73. The van der Waals surface area contributed by atoms with E-state index >= 15 is 0 Å². The molecular weight excluding hydrogens is 448 g/mol. The normalized spacial score (nSPS) is 12.1. The minimum atomic E-state index is -3.53. The Bertz CT molecular complexity index is 1160. The van der Waals surface area contributed by atoms with E-state index in [-0.39, 0.29) is 18.5 Å². The average Bonchev–Trinajstić information content (AvgIpc) is 2.78. The van der Waals surface area contributed by atoms with Gasteiger partial charge in [-0.1, -0.05) is 35.9 Å². The molecule has 1 amide bonds. The molecule has 0 radical (unpaired) electrons. The van der Waals surface area contributed by atoms with E-state index in [0.29, 0.717) is 16.3 Å². The van der Waals surface area contributed by atoms with Crippen LogP contribution < -0.4 is 14.4 Å². The van der Waals surface area contributed by atoms with Gasteiger partial charge in [-0.15, -0.1) is 0 Å². The molecule has 3 rings (SSSR count). The van der Waals surface area contributed by atoms with E-state index in [1.165, 1.54) is 4.31 Å². The standard InChI is InChI=1S/C24H25ClN2O4S/c1-17(19-8-14-23(31-2)15-9-19)26-24(28)20-6-12-22(13-7-20)27(32(3,29)30)16-18-4-10-21(25)11-5-18/h4-15,17H,16H2,1-3H3,(H,26,28)/t17-/m0/s1. The number of sulfonamides is 1. The molecule has 0 saturated heterocycles. The smallest absolute Gasteiger partial charge is 0.251 e. The van der Waals surface area contributed by atoms with Crippen LogP contribution in [-0.2, 0) is 16.6 Å². The van der Waals surface area contributed by atoms with Crippen molar-refractivity contribution in [3.8, 4) is 5.75 Å². The molecule has 0 saturated carbocycles. The molecule has 3 aromatic carbocycles. The second-order valence-corrected chi connectivity index (χ2v) is 9.75. The molecule has 0 aromatic heterocycles. The van der Waals surface area contributed by atoms with E-state index in [9.17, 15) is 13.2 Å². The molecule has 0 aliphatic heterocycles. The van der Waals surface area contributed by atoms with Crippen LogP contribution in [0.5, 0.6) is 5.75 Å². The predicted octanol–water partition coefficient (Wildman–Crippen LogP) is 4.81. The molecule has 6 nitrogen and oxygen atoms in total. The van der Waals surface area contributed by atoms with Crippen molar-refractivity contribution in [2.75, 3.05) is 17.7 Å². The number of methoxy groups -OCH3 is 1. The van der Waals surface area contributed by atoms with Gasteiger partial charge in [-0.2, -0.15) is 0 Å². The number of halogens is 1. The summed E-state index contributed by atoms with van der Waals surface area (Å²) >= 11 is 5.92. The highest BCUT2D eigenvalue weighted by molar-refractivity contribution is 7.92. The lowest BCUT2D eigenvalue weighted by atomic mass is 10.1. The van der Waals surface area contributed by atoms with Gasteiger partial charge in [-0.05, 0) is 66.6 Å². The molecule has 3 aromatic rings. The SMILES string of the molecule is COc1ccc([C@H](C)NC(=O)c2ccc(N(Cc3ccc(Cl)cc3)S(C)(=O)=O)cc2)cc1. The molecule has 0 heterocycles. The maximum absolute atomic E-state index is 12.7. The fourth-order valence-corrected chi connectivity index (χ4v) is 4.20. The van der Waals surface area contributed by atoms with Crippen molar-refractivity contribution in [3.63, 3.8) is 0 Å². The molecule has 0 aliphatic carbocycles. The maximum Gasteiger partial charge on any atom is 0.251 e. The Hall–Kier alpha value is -3.03. The first kappa shape index (κ1) is 23.6. The molecule has 32 heavy (non-hydrogen) atoms. The van der Waals surface area contributed by atoms with Gasteiger partial charge in [0.2, 0.25) is 10.0 Å². The third kappa shape index (κ3) is 6.02. The van der Waals surface area contributed by atoms with Gasteiger partial charge >= 0.3 is 0 Å². The summed E-state index contributed by atoms with van der Waals surface area (Å²) in [5.74, 6) is 0.500. The molecule has 1 N–H and O–H groups in total. The van der Waals surface area contributed by atoms with Crippen LogP contribution in [-0.4, -0.2) is 27.7 Å². The number of amides is 1. The van der Waals surface area contributed by atoms with Crippen molar-refractivity contribution < 1.29 is 17.9 Å². The van der Waals surface area contributed by atoms with Crippen LogP contribution in [0, 0.1) is 0 Å². The van der Waals surface area contributed by atoms with Crippen molar-refractivity contribution in [1.29, 1.82) is 0 Å². The average molecular weight is 473 g/mol. The fraction of sp³-hybridized carbons (Fsp3) is 0.208. The molecule has 0 aliphatic rings. The van der Waals surface area contributed by atoms with Crippen LogP contribution >= 0.6 is 11.6 Å². The van der Waals surface area contributed by atoms with Gasteiger partial charge in [0, 0.05) is 10.6 Å². The zero-order chi connectivity index (χ0) is 23.3. The minimum Gasteiger partial charge on any atom is -0.497 e. The van der Waals surface area contributed by atoms with Gasteiger partial charge < -0.3 is 10.1 Å². The van der Waals surface area contributed by atoms with Crippen LogP contribution in [0.15, 0.2) is 72.8 Å². The summed E-state index contributed by atoms with van der Waals surface area (Å²) in [6.45, 7) is 2.06. The molecule has 0 spiro atoms. The number of hydrogen-bond donors (Lipinski definition) is 1. The van der Waals surface area contributed by atoms with E-state index in [1.54, 1.807) is 55.6 Å². The minimum absolute atomic E-state index is 0.163. The highest BCUT2D eigenvalue weighted by Crippen LogP contribution is 2.23. The number of hydrogen-bond acceptors (Lipinski definition) is 4. The maximum atomic E-state index is 12.7. The molecule has 0 fully saturated rings. The lowest BCUT2D eigenvalue weighted by Crippen LogP contribution is -2.29. The number of carbonyl (C=O) groups excluding carboxylic acids is 1. The van der Waals surface area contributed by atoms with Crippen LogP contribution in [0.2, 0.25) is 5.02 Å². The fourth-order valence-electron chi connectivity index (χ4n) is 3.19. The van der Waals surface area contributed by atoms with Gasteiger partial charge in [-0.3, -0.25) is 9.10 Å². The first-order valence-corrected chi connectivity index (χ1v) is 12.2. The second kappa shape index (κ2) is 10.1. The molecule has 8 heteroatoms. The van der Waals surface area contributed by atoms with Gasteiger partial charge in [0.1, 0.15) is 5.75 Å². The molecule has 0 bridgehead atoms. The van der Waals surface area contributed by atoms with Gasteiger partial charge in [0.15, 0.2) is 0 Å². The quantitative estimate of drug-likeness (QED) is 0.510. The van der Waals surface area contributed by atoms with E-state index in [1.807, 2.05) is 31.2 Å². The van der Waals surface area contributed by atoms with Gasteiger partial charge in [0.25, 0.3) is 5.91 Å². The van der Waals surface area contributed by atoms with Gasteiger partial charge in [-0.25, -0.2) is 8.42 Å². The Morgan fingerprint density at radius 1 is 1.00 bits per heavy atom. The number of anilines is 1. The number of ether oxygens (including phenoxy) is 1. The van der Waals surface area contributed by atoms with Crippen molar-refractivity contribution in [1.82, 2.24) is 5.32 Å². The Kier molecular flexibility index (Phi) is 7.43. The summed E-state index contributed by atoms with van der Waals surface area (Å²) < 4.78 is 31.2. The predicted molar refractivity (Wildman–Crippen MR) is 128 cm³/mol. The van der Waals surface area contributed by atoms with Crippen LogP contribution in [0.1, 0.15) is 34.5 Å². The summed E-state index contributed by atoms with van der Waals surface area (Å²) in [6.07, 6.45) is 1.15.